The monoisotopic (exact) mass is 383 g/mol. The smallest absolute Gasteiger partial charge is 0.320 e. The fourth-order valence-electron chi connectivity index (χ4n) is 2.36. The second-order valence-corrected chi connectivity index (χ2v) is 6.63. The maximum Gasteiger partial charge on any atom is 0.320 e. The maximum absolute atomic E-state index is 13.9. The molecule has 1 unspecified atom stereocenters. The number of benzene rings is 1. The molecule has 0 fully saturated rings. The molecule has 1 aromatic carbocycles. The van der Waals surface area contributed by atoms with Gasteiger partial charge in [-0.1, -0.05) is 6.07 Å². The number of nitrogens with one attached hydrogen (secondary N) is 1. The van der Waals surface area contributed by atoms with Crippen LogP contribution in [0.4, 0.5) is 8.78 Å². The Morgan fingerprint density at radius 3 is 2.58 bits per heavy atom. The Hall–Kier alpha value is -2.39. The van der Waals surface area contributed by atoms with Crippen LogP contribution in [0.15, 0.2) is 23.6 Å². The van der Waals surface area contributed by atoms with Gasteiger partial charge in [0.1, 0.15) is 22.7 Å². The van der Waals surface area contributed by atoms with Crippen LogP contribution in [0, 0.1) is 11.6 Å². The lowest BCUT2D eigenvalue weighted by Crippen LogP contribution is -2.42. The van der Waals surface area contributed by atoms with Crippen LogP contribution in [0.25, 0.3) is 11.3 Å². The standard InChI is InChI=1S/C17H19F2N3O3S/c1-10(17(24)25)22(7-6-20-11(2)23)8-15-21-14(9-26-15)16-12(18)4-3-5-13(16)19/h3-5,9-10H,6-8H2,1-2H3,(H,20,23)(H,24,25). The first kappa shape index (κ1) is 19.9. The average molecular weight is 383 g/mol. The van der Waals surface area contributed by atoms with Gasteiger partial charge in [0.25, 0.3) is 0 Å². The van der Waals surface area contributed by atoms with Crippen molar-refractivity contribution >= 4 is 23.2 Å². The van der Waals surface area contributed by atoms with Crippen molar-refractivity contribution in [3.8, 4) is 11.3 Å². The summed E-state index contributed by atoms with van der Waals surface area (Å²) in [6.07, 6.45) is 0. The summed E-state index contributed by atoms with van der Waals surface area (Å²) in [5, 5.41) is 13.9. The molecule has 9 heteroatoms. The third-order valence-electron chi connectivity index (χ3n) is 3.79. The summed E-state index contributed by atoms with van der Waals surface area (Å²) >= 11 is 1.19. The minimum absolute atomic E-state index is 0.172. The van der Waals surface area contributed by atoms with Crippen molar-refractivity contribution in [2.24, 2.45) is 0 Å². The molecule has 2 rings (SSSR count). The lowest BCUT2D eigenvalue weighted by atomic mass is 10.1. The molecule has 0 radical (unpaired) electrons. The molecule has 26 heavy (non-hydrogen) atoms. The molecule has 6 nitrogen and oxygen atoms in total. The largest absolute Gasteiger partial charge is 0.480 e. The van der Waals surface area contributed by atoms with Gasteiger partial charge in [-0.05, 0) is 19.1 Å². The van der Waals surface area contributed by atoms with Crippen LogP contribution in [0.1, 0.15) is 18.9 Å². The Kier molecular flexibility index (Phi) is 6.76. The zero-order valence-electron chi connectivity index (χ0n) is 14.3. The van der Waals surface area contributed by atoms with Gasteiger partial charge in [-0.15, -0.1) is 11.3 Å². The van der Waals surface area contributed by atoms with E-state index in [0.29, 0.717) is 11.6 Å². The highest BCUT2D eigenvalue weighted by atomic mass is 32.1. The molecule has 0 saturated carbocycles. The molecule has 1 atom stereocenters. The summed E-state index contributed by atoms with van der Waals surface area (Å²) in [4.78, 5) is 28.1. The van der Waals surface area contributed by atoms with E-state index in [-0.39, 0.29) is 30.3 Å². The molecule has 2 N–H and O–H groups in total. The zero-order chi connectivity index (χ0) is 19.3. The van der Waals surface area contributed by atoms with E-state index < -0.39 is 23.6 Å². The van der Waals surface area contributed by atoms with Gasteiger partial charge in [-0.3, -0.25) is 14.5 Å². The van der Waals surface area contributed by atoms with Crippen LogP contribution in [0.5, 0.6) is 0 Å². The predicted molar refractivity (Wildman–Crippen MR) is 93.7 cm³/mol. The predicted octanol–water partition coefficient (Wildman–Crippen LogP) is 2.50. The number of nitrogens with zero attached hydrogens (tertiary/aromatic N) is 2. The third-order valence-corrected chi connectivity index (χ3v) is 4.62. The van der Waals surface area contributed by atoms with Crippen LogP contribution in [0.2, 0.25) is 0 Å². The van der Waals surface area contributed by atoms with E-state index in [1.165, 1.54) is 36.6 Å². The molecule has 1 aromatic heterocycles. The van der Waals surface area contributed by atoms with Gasteiger partial charge in [0, 0.05) is 25.4 Å². The van der Waals surface area contributed by atoms with Crippen molar-refractivity contribution in [3.05, 3.63) is 40.2 Å². The van der Waals surface area contributed by atoms with Gasteiger partial charge in [-0.25, -0.2) is 13.8 Å². The quantitative estimate of drug-likeness (QED) is 0.732. The number of carboxylic acid groups (broad SMARTS) is 1. The first-order chi connectivity index (χ1) is 12.3. The van der Waals surface area contributed by atoms with Crippen molar-refractivity contribution in [1.29, 1.82) is 0 Å². The van der Waals surface area contributed by atoms with E-state index in [0.717, 1.165) is 12.1 Å². The van der Waals surface area contributed by atoms with E-state index in [4.69, 9.17) is 0 Å². The first-order valence-electron chi connectivity index (χ1n) is 7.89. The van der Waals surface area contributed by atoms with Crippen LogP contribution in [0.3, 0.4) is 0 Å². The molecule has 0 aliphatic heterocycles. The van der Waals surface area contributed by atoms with Crippen molar-refractivity contribution < 1.29 is 23.5 Å². The lowest BCUT2D eigenvalue weighted by Gasteiger charge is -2.25. The molecule has 1 heterocycles. The second-order valence-electron chi connectivity index (χ2n) is 5.69. The Balaban J connectivity index is 2.17. The Labute approximate surface area is 153 Å². The van der Waals surface area contributed by atoms with E-state index >= 15 is 0 Å². The normalized spacial score (nSPS) is 12.2. The van der Waals surface area contributed by atoms with Gasteiger partial charge < -0.3 is 10.4 Å². The number of halogens is 2. The number of aromatic nitrogens is 1. The summed E-state index contributed by atoms with van der Waals surface area (Å²) in [7, 11) is 0. The lowest BCUT2D eigenvalue weighted by molar-refractivity contribution is -0.142. The molecular weight excluding hydrogens is 364 g/mol. The first-order valence-corrected chi connectivity index (χ1v) is 8.77. The van der Waals surface area contributed by atoms with Gasteiger partial charge in [-0.2, -0.15) is 0 Å². The second kappa shape index (κ2) is 8.81. The molecule has 0 aliphatic rings. The summed E-state index contributed by atoms with van der Waals surface area (Å²) in [5.41, 5.74) is -0.0310. The van der Waals surface area contributed by atoms with Crippen molar-refractivity contribution in [2.75, 3.05) is 13.1 Å². The Morgan fingerprint density at radius 2 is 2.00 bits per heavy atom. The molecule has 0 aliphatic carbocycles. The average Bonchev–Trinajstić information content (AvgIpc) is 3.00. The molecule has 140 valence electrons. The van der Waals surface area contributed by atoms with Gasteiger partial charge in [0.05, 0.1) is 17.8 Å². The van der Waals surface area contributed by atoms with E-state index in [2.05, 4.69) is 10.3 Å². The number of amides is 1. The SMILES string of the molecule is CC(=O)NCCN(Cc1nc(-c2c(F)cccc2F)cs1)C(C)C(=O)O. The van der Waals surface area contributed by atoms with Crippen LogP contribution in [-0.4, -0.2) is 46.0 Å². The minimum atomic E-state index is -1.01. The maximum atomic E-state index is 13.9. The third kappa shape index (κ3) is 5.06. The Bertz CT molecular complexity index is 777. The number of rotatable bonds is 8. The molecule has 1 amide bonds. The fourth-order valence-corrected chi connectivity index (χ4v) is 3.17. The molecular formula is C17H19F2N3O3S. The highest BCUT2D eigenvalue weighted by molar-refractivity contribution is 7.09. The number of thiazole rings is 1. The van der Waals surface area contributed by atoms with Gasteiger partial charge in [0.15, 0.2) is 0 Å². The van der Waals surface area contributed by atoms with Crippen molar-refractivity contribution in [3.63, 3.8) is 0 Å². The van der Waals surface area contributed by atoms with Gasteiger partial charge in [0.2, 0.25) is 5.91 Å². The number of hydrogen-bond donors (Lipinski definition) is 2. The van der Waals surface area contributed by atoms with Crippen LogP contribution < -0.4 is 5.32 Å². The number of hydrogen-bond acceptors (Lipinski definition) is 5. The van der Waals surface area contributed by atoms with Gasteiger partial charge >= 0.3 is 5.97 Å². The molecule has 0 bridgehead atoms. The topological polar surface area (TPSA) is 82.5 Å². The molecule has 0 saturated heterocycles. The summed E-state index contributed by atoms with van der Waals surface area (Å²) < 4.78 is 27.8. The summed E-state index contributed by atoms with van der Waals surface area (Å²) in [6.45, 7) is 3.68. The van der Waals surface area contributed by atoms with Crippen molar-refractivity contribution in [1.82, 2.24) is 15.2 Å². The minimum Gasteiger partial charge on any atom is -0.480 e. The summed E-state index contributed by atoms with van der Waals surface area (Å²) in [5.74, 6) is -2.63. The Morgan fingerprint density at radius 1 is 1.35 bits per heavy atom. The zero-order valence-corrected chi connectivity index (χ0v) is 15.1. The number of carbonyl (C=O) groups is 2. The highest BCUT2D eigenvalue weighted by Gasteiger charge is 2.22. The molecule has 2 aromatic rings. The van der Waals surface area contributed by atoms with Crippen LogP contribution in [-0.2, 0) is 16.1 Å². The fraction of sp³-hybridized carbons (Fsp3) is 0.353. The van der Waals surface area contributed by atoms with E-state index in [1.807, 2.05) is 0 Å². The summed E-state index contributed by atoms with van der Waals surface area (Å²) in [6, 6.07) is 2.79. The van der Waals surface area contributed by atoms with Crippen molar-refractivity contribution in [2.45, 2.75) is 26.4 Å². The highest BCUT2D eigenvalue weighted by Crippen LogP contribution is 2.27. The number of carbonyl (C=O) groups excluding carboxylic acids is 1. The molecule has 0 spiro atoms. The van der Waals surface area contributed by atoms with E-state index in [1.54, 1.807) is 4.90 Å². The van der Waals surface area contributed by atoms with Crippen LogP contribution >= 0.6 is 11.3 Å². The number of carboxylic acids is 1. The van der Waals surface area contributed by atoms with E-state index in [9.17, 15) is 23.5 Å². The number of aliphatic carboxylic acids is 1.